The summed E-state index contributed by atoms with van der Waals surface area (Å²) < 4.78 is 0. The molecule has 2 heteroatoms. The molecule has 2 nitrogen and oxygen atoms in total. The van der Waals surface area contributed by atoms with Gasteiger partial charge in [0.1, 0.15) is 0 Å². The summed E-state index contributed by atoms with van der Waals surface area (Å²) in [7, 11) is 0. The van der Waals surface area contributed by atoms with E-state index in [2.05, 4.69) is 44.8 Å². The quantitative estimate of drug-likeness (QED) is 0.748. The van der Waals surface area contributed by atoms with Crippen LogP contribution in [0.4, 0.5) is 0 Å². The van der Waals surface area contributed by atoms with E-state index in [-0.39, 0.29) is 0 Å². The largest absolute Gasteiger partial charge is 0.314 e. The van der Waals surface area contributed by atoms with Crippen LogP contribution in [0.1, 0.15) is 60.3 Å². The van der Waals surface area contributed by atoms with E-state index in [0.717, 1.165) is 17.9 Å². The molecule has 0 amide bonds. The second kappa shape index (κ2) is 8.16. The molecule has 0 aliphatic carbocycles. The molecule has 1 heterocycles. The Hall–Kier alpha value is -0.0800. The summed E-state index contributed by atoms with van der Waals surface area (Å²) in [6.07, 6.45) is 5.53. The molecule has 2 atom stereocenters. The number of nitrogens with zero attached hydrogens (tertiary/aromatic N) is 1. The molecule has 108 valence electrons. The standard InChI is InChI=1S/C16H34N2/c1-13(2)8-9-15(5)18-10-6-7-16(12-18)11-17-14(3)4/h13-17H,6-12H2,1-5H3. The third-order valence-corrected chi connectivity index (χ3v) is 4.15. The van der Waals surface area contributed by atoms with E-state index in [9.17, 15) is 0 Å². The van der Waals surface area contributed by atoms with E-state index in [1.807, 2.05) is 0 Å². The second-order valence-corrected chi connectivity index (χ2v) is 6.89. The Morgan fingerprint density at radius 3 is 2.44 bits per heavy atom. The van der Waals surface area contributed by atoms with Crippen LogP contribution in [0.5, 0.6) is 0 Å². The Balaban J connectivity index is 2.28. The predicted octanol–water partition coefficient (Wildman–Crippen LogP) is 3.52. The van der Waals surface area contributed by atoms with Crippen molar-refractivity contribution in [3.8, 4) is 0 Å². The number of piperidine rings is 1. The molecular formula is C16H34N2. The monoisotopic (exact) mass is 254 g/mol. The van der Waals surface area contributed by atoms with Crippen LogP contribution >= 0.6 is 0 Å². The van der Waals surface area contributed by atoms with Crippen LogP contribution in [0, 0.1) is 11.8 Å². The van der Waals surface area contributed by atoms with E-state index >= 15 is 0 Å². The van der Waals surface area contributed by atoms with Crippen LogP contribution in [-0.2, 0) is 0 Å². The minimum Gasteiger partial charge on any atom is -0.314 e. The molecule has 1 saturated heterocycles. The minimum absolute atomic E-state index is 0.624. The second-order valence-electron chi connectivity index (χ2n) is 6.89. The molecule has 0 aromatic heterocycles. The van der Waals surface area contributed by atoms with Gasteiger partial charge in [-0.1, -0.05) is 27.7 Å². The predicted molar refractivity (Wildman–Crippen MR) is 81.0 cm³/mol. The summed E-state index contributed by atoms with van der Waals surface area (Å²) in [6, 6.07) is 1.40. The molecule has 1 aliphatic rings. The molecular weight excluding hydrogens is 220 g/mol. The highest BCUT2D eigenvalue weighted by atomic mass is 15.2. The Bertz CT molecular complexity index is 203. The molecule has 0 aromatic carbocycles. The van der Waals surface area contributed by atoms with E-state index in [0.29, 0.717) is 6.04 Å². The highest BCUT2D eigenvalue weighted by Crippen LogP contribution is 2.21. The van der Waals surface area contributed by atoms with Gasteiger partial charge in [0, 0.05) is 18.6 Å². The first-order valence-corrected chi connectivity index (χ1v) is 7.96. The van der Waals surface area contributed by atoms with E-state index in [1.54, 1.807) is 0 Å². The minimum atomic E-state index is 0.624. The van der Waals surface area contributed by atoms with Gasteiger partial charge >= 0.3 is 0 Å². The number of likely N-dealkylation sites (tertiary alicyclic amines) is 1. The van der Waals surface area contributed by atoms with Crippen LogP contribution in [0.2, 0.25) is 0 Å². The Morgan fingerprint density at radius 1 is 1.11 bits per heavy atom. The summed E-state index contributed by atoms with van der Waals surface area (Å²) >= 11 is 0. The van der Waals surface area contributed by atoms with Crippen LogP contribution in [-0.4, -0.2) is 36.6 Å². The molecule has 1 fully saturated rings. The van der Waals surface area contributed by atoms with Crippen molar-refractivity contribution < 1.29 is 0 Å². The van der Waals surface area contributed by atoms with Gasteiger partial charge in [-0.25, -0.2) is 0 Å². The molecule has 2 unspecified atom stereocenters. The van der Waals surface area contributed by atoms with E-state index in [4.69, 9.17) is 0 Å². The van der Waals surface area contributed by atoms with Crippen molar-refractivity contribution in [3.05, 3.63) is 0 Å². The van der Waals surface area contributed by atoms with Crippen molar-refractivity contribution in [1.29, 1.82) is 0 Å². The molecule has 1 rings (SSSR count). The van der Waals surface area contributed by atoms with Crippen molar-refractivity contribution in [2.75, 3.05) is 19.6 Å². The van der Waals surface area contributed by atoms with Crippen LogP contribution in [0.3, 0.4) is 0 Å². The van der Waals surface area contributed by atoms with Gasteiger partial charge in [-0.05, 0) is 57.5 Å². The van der Waals surface area contributed by atoms with Gasteiger partial charge in [-0.15, -0.1) is 0 Å². The lowest BCUT2D eigenvalue weighted by molar-refractivity contribution is 0.121. The van der Waals surface area contributed by atoms with Crippen LogP contribution in [0.25, 0.3) is 0 Å². The first-order valence-electron chi connectivity index (χ1n) is 7.96. The van der Waals surface area contributed by atoms with Crippen LogP contribution < -0.4 is 5.32 Å². The lowest BCUT2D eigenvalue weighted by Crippen LogP contribution is -2.44. The highest BCUT2D eigenvalue weighted by Gasteiger charge is 2.23. The summed E-state index contributed by atoms with van der Waals surface area (Å²) in [6.45, 7) is 15.4. The summed E-state index contributed by atoms with van der Waals surface area (Å²) in [4.78, 5) is 2.72. The SMILES string of the molecule is CC(C)CCC(C)N1CCCC(CNC(C)C)C1. The van der Waals surface area contributed by atoms with Gasteiger partial charge in [-0.3, -0.25) is 0 Å². The molecule has 0 saturated carbocycles. The number of rotatable bonds is 7. The Labute approximate surface area is 115 Å². The van der Waals surface area contributed by atoms with Crippen LogP contribution in [0.15, 0.2) is 0 Å². The Kier molecular flexibility index (Phi) is 7.25. The van der Waals surface area contributed by atoms with Gasteiger partial charge in [-0.2, -0.15) is 0 Å². The van der Waals surface area contributed by atoms with Crippen molar-refractivity contribution in [2.45, 2.75) is 72.4 Å². The molecule has 0 radical (unpaired) electrons. The van der Waals surface area contributed by atoms with Crippen molar-refractivity contribution in [3.63, 3.8) is 0 Å². The van der Waals surface area contributed by atoms with Gasteiger partial charge in [0.25, 0.3) is 0 Å². The van der Waals surface area contributed by atoms with Gasteiger partial charge in [0.15, 0.2) is 0 Å². The molecule has 18 heavy (non-hydrogen) atoms. The van der Waals surface area contributed by atoms with E-state index < -0.39 is 0 Å². The number of hydrogen-bond donors (Lipinski definition) is 1. The Morgan fingerprint density at radius 2 is 1.83 bits per heavy atom. The zero-order valence-corrected chi connectivity index (χ0v) is 13.2. The maximum absolute atomic E-state index is 3.60. The average Bonchev–Trinajstić information content (AvgIpc) is 2.33. The fourth-order valence-electron chi connectivity index (χ4n) is 2.82. The van der Waals surface area contributed by atoms with Crippen molar-refractivity contribution in [1.82, 2.24) is 10.2 Å². The molecule has 1 aliphatic heterocycles. The van der Waals surface area contributed by atoms with Gasteiger partial charge < -0.3 is 10.2 Å². The maximum Gasteiger partial charge on any atom is 0.00671 e. The number of hydrogen-bond acceptors (Lipinski definition) is 2. The van der Waals surface area contributed by atoms with Gasteiger partial charge in [0.2, 0.25) is 0 Å². The normalized spacial score (nSPS) is 23.8. The lowest BCUT2D eigenvalue weighted by atomic mass is 9.95. The molecule has 0 aromatic rings. The highest BCUT2D eigenvalue weighted by molar-refractivity contribution is 4.78. The topological polar surface area (TPSA) is 15.3 Å². The van der Waals surface area contributed by atoms with Crippen molar-refractivity contribution in [2.24, 2.45) is 11.8 Å². The number of nitrogens with one attached hydrogen (secondary N) is 1. The first-order chi connectivity index (χ1) is 8.49. The molecule has 0 spiro atoms. The fraction of sp³-hybridized carbons (Fsp3) is 1.00. The average molecular weight is 254 g/mol. The van der Waals surface area contributed by atoms with E-state index in [1.165, 1.54) is 45.3 Å². The molecule has 0 bridgehead atoms. The molecule has 1 N–H and O–H groups in total. The zero-order chi connectivity index (χ0) is 13.5. The van der Waals surface area contributed by atoms with Crippen molar-refractivity contribution >= 4 is 0 Å². The smallest absolute Gasteiger partial charge is 0.00671 e. The first kappa shape index (κ1) is 16.0. The summed E-state index contributed by atoms with van der Waals surface area (Å²) in [5.41, 5.74) is 0. The van der Waals surface area contributed by atoms with Gasteiger partial charge in [0.05, 0.1) is 0 Å². The summed E-state index contributed by atoms with van der Waals surface area (Å²) in [5, 5.41) is 3.60. The third-order valence-electron chi connectivity index (χ3n) is 4.15. The fourth-order valence-corrected chi connectivity index (χ4v) is 2.82. The lowest BCUT2D eigenvalue weighted by Gasteiger charge is -2.37. The maximum atomic E-state index is 3.60. The third kappa shape index (κ3) is 6.19. The summed E-state index contributed by atoms with van der Waals surface area (Å²) in [5.74, 6) is 1.71. The zero-order valence-electron chi connectivity index (χ0n) is 13.2.